The van der Waals surface area contributed by atoms with E-state index in [4.69, 9.17) is 9.15 Å². The number of rotatable bonds is 5. The van der Waals surface area contributed by atoms with Gasteiger partial charge in [-0.1, -0.05) is 18.2 Å². The molecule has 0 unspecified atom stereocenters. The molecule has 7 heteroatoms. The normalized spacial score (nSPS) is 19.0. The number of anilines is 2. The third-order valence-electron chi connectivity index (χ3n) is 4.91. The molecule has 1 fully saturated rings. The van der Waals surface area contributed by atoms with Crippen LogP contribution in [0.15, 0.2) is 59.2 Å². The van der Waals surface area contributed by atoms with Gasteiger partial charge in [0.15, 0.2) is 0 Å². The van der Waals surface area contributed by atoms with Crippen molar-refractivity contribution in [1.82, 2.24) is 4.98 Å². The van der Waals surface area contributed by atoms with Crippen molar-refractivity contribution in [3.05, 3.63) is 66.3 Å². The zero-order chi connectivity index (χ0) is 21.1. The smallest absolute Gasteiger partial charge is 0.230 e. The molecule has 1 amide bonds. The highest BCUT2D eigenvalue weighted by Gasteiger charge is 2.24. The molecule has 0 bridgehead atoms. The molecule has 1 N–H and O–H groups in total. The number of halogens is 1. The summed E-state index contributed by atoms with van der Waals surface area (Å²) in [6, 6.07) is 14.2. The Hall–Kier alpha value is -3.19. The minimum atomic E-state index is -0.373. The predicted molar refractivity (Wildman–Crippen MR) is 113 cm³/mol. The van der Waals surface area contributed by atoms with Crippen LogP contribution >= 0.6 is 0 Å². The number of aromatic nitrogens is 1. The van der Waals surface area contributed by atoms with Gasteiger partial charge in [-0.3, -0.25) is 4.79 Å². The first-order valence-electron chi connectivity index (χ1n) is 9.97. The highest BCUT2D eigenvalue weighted by Crippen LogP contribution is 2.26. The third kappa shape index (κ3) is 4.68. The fourth-order valence-electron chi connectivity index (χ4n) is 3.69. The molecule has 156 valence electrons. The number of benzene rings is 2. The van der Waals surface area contributed by atoms with Crippen LogP contribution in [0.2, 0.25) is 0 Å². The summed E-state index contributed by atoms with van der Waals surface area (Å²) in [5.41, 5.74) is 2.27. The quantitative estimate of drug-likeness (QED) is 0.681. The molecule has 0 aliphatic carbocycles. The standard InChI is InChI=1S/C23H24FN3O3/c1-15-12-27(13-16(2)30-15)21-9-8-18(10-20(21)24)25-22(28)11-19-14-29-23(26-19)17-6-4-3-5-7-17/h3-10,14-16H,11-13H2,1-2H3,(H,25,28)/t15-,16-/m0/s1. The molecule has 1 aromatic heterocycles. The second kappa shape index (κ2) is 8.67. The number of nitrogens with zero attached hydrogens (tertiary/aromatic N) is 2. The zero-order valence-corrected chi connectivity index (χ0v) is 17.0. The van der Waals surface area contributed by atoms with Gasteiger partial charge in [0.05, 0.1) is 30.0 Å². The molecular weight excluding hydrogens is 385 g/mol. The Balaban J connectivity index is 1.39. The van der Waals surface area contributed by atoms with Crippen LogP contribution in [0, 0.1) is 5.82 Å². The van der Waals surface area contributed by atoms with Crippen LogP contribution < -0.4 is 10.2 Å². The Bertz CT molecular complexity index is 1010. The van der Waals surface area contributed by atoms with Crippen molar-refractivity contribution >= 4 is 17.3 Å². The third-order valence-corrected chi connectivity index (χ3v) is 4.91. The van der Waals surface area contributed by atoms with Crippen molar-refractivity contribution in [3.63, 3.8) is 0 Å². The van der Waals surface area contributed by atoms with Crippen LogP contribution in [-0.2, 0) is 16.0 Å². The Kier molecular flexibility index (Phi) is 5.81. The molecule has 2 heterocycles. The first kappa shape index (κ1) is 20.1. The number of hydrogen-bond acceptors (Lipinski definition) is 5. The molecule has 2 atom stereocenters. The van der Waals surface area contributed by atoms with E-state index in [2.05, 4.69) is 10.3 Å². The minimum absolute atomic E-state index is 0.0377. The molecule has 0 saturated carbocycles. The summed E-state index contributed by atoms with van der Waals surface area (Å²) in [7, 11) is 0. The molecule has 3 aromatic rings. The van der Waals surface area contributed by atoms with E-state index in [1.807, 2.05) is 49.1 Å². The highest BCUT2D eigenvalue weighted by molar-refractivity contribution is 5.92. The summed E-state index contributed by atoms with van der Waals surface area (Å²) >= 11 is 0. The first-order chi connectivity index (χ1) is 14.5. The van der Waals surface area contributed by atoms with E-state index in [9.17, 15) is 9.18 Å². The number of amides is 1. The topological polar surface area (TPSA) is 67.6 Å². The lowest BCUT2D eigenvalue weighted by Crippen LogP contribution is -2.45. The van der Waals surface area contributed by atoms with E-state index in [0.717, 1.165) is 5.56 Å². The van der Waals surface area contributed by atoms with Gasteiger partial charge >= 0.3 is 0 Å². The van der Waals surface area contributed by atoms with Crippen LogP contribution in [0.1, 0.15) is 19.5 Å². The van der Waals surface area contributed by atoms with Gasteiger partial charge in [0.25, 0.3) is 0 Å². The Morgan fingerprint density at radius 2 is 1.90 bits per heavy atom. The maximum atomic E-state index is 14.7. The van der Waals surface area contributed by atoms with Gasteiger partial charge in [-0.05, 0) is 44.2 Å². The van der Waals surface area contributed by atoms with Crippen molar-refractivity contribution in [3.8, 4) is 11.5 Å². The van der Waals surface area contributed by atoms with Crippen LogP contribution in [0.5, 0.6) is 0 Å². The van der Waals surface area contributed by atoms with E-state index in [0.29, 0.717) is 36.0 Å². The van der Waals surface area contributed by atoms with Gasteiger partial charge in [-0.15, -0.1) is 0 Å². The lowest BCUT2D eigenvalue weighted by atomic mass is 10.1. The maximum absolute atomic E-state index is 14.7. The molecular formula is C23H24FN3O3. The summed E-state index contributed by atoms with van der Waals surface area (Å²) in [4.78, 5) is 18.7. The average Bonchev–Trinajstić information content (AvgIpc) is 3.16. The maximum Gasteiger partial charge on any atom is 0.230 e. The first-order valence-corrected chi connectivity index (χ1v) is 9.97. The summed E-state index contributed by atoms with van der Waals surface area (Å²) < 4.78 is 25.9. The SMILES string of the molecule is C[C@H]1CN(c2ccc(NC(=O)Cc3coc(-c4ccccc4)n3)cc2F)C[C@H](C)O1. The lowest BCUT2D eigenvalue weighted by Gasteiger charge is -2.37. The van der Waals surface area contributed by atoms with Gasteiger partial charge in [0.2, 0.25) is 11.8 Å². The van der Waals surface area contributed by atoms with Gasteiger partial charge in [0.1, 0.15) is 12.1 Å². The molecule has 0 spiro atoms. The molecule has 1 aliphatic heterocycles. The Morgan fingerprint density at radius 1 is 1.17 bits per heavy atom. The van der Waals surface area contributed by atoms with Crippen LogP contribution in [-0.4, -0.2) is 36.2 Å². The van der Waals surface area contributed by atoms with E-state index < -0.39 is 0 Å². The number of hydrogen-bond donors (Lipinski definition) is 1. The van der Waals surface area contributed by atoms with Crippen molar-refractivity contribution in [1.29, 1.82) is 0 Å². The molecule has 6 nitrogen and oxygen atoms in total. The van der Waals surface area contributed by atoms with Gasteiger partial charge < -0.3 is 19.4 Å². The van der Waals surface area contributed by atoms with E-state index in [-0.39, 0.29) is 30.4 Å². The second-order valence-corrected chi connectivity index (χ2v) is 7.56. The van der Waals surface area contributed by atoms with Crippen molar-refractivity contribution in [2.24, 2.45) is 0 Å². The van der Waals surface area contributed by atoms with E-state index in [1.54, 1.807) is 12.1 Å². The summed E-state index contributed by atoms with van der Waals surface area (Å²) in [5.74, 6) is -0.201. The number of oxazole rings is 1. The van der Waals surface area contributed by atoms with Crippen molar-refractivity contribution in [2.75, 3.05) is 23.3 Å². The molecule has 30 heavy (non-hydrogen) atoms. The summed E-state index contributed by atoms with van der Waals surface area (Å²) in [6.45, 7) is 5.20. The number of nitrogens with one attached hydrogen (secondary N) is 1. The largest absolute Gasteiger partial charge is 0.444 e. The minimum Gasteiger partial charge on any atom is -0.444 e. The number of carbonyl (C=O) groups is 1. The van der Waals surface area contributed by atoms with Crippen molar-refractivity contribution < 1.29 is 18.3 Å². The van der Waals surface area contributed by atoms with E-state index in [1.165, 1.54) is 12.3 Å². The molecule has 1 aliphatic rings. The monoisotopic (exact) mass is 409 g/mol. The second-order valence-electron chi connectivity index (χ2n) is 7.56. The van der Waals surface area contributed by atoms with Gasteiger partial charge in [-0.2, -0.15) is 0 Å². The van der Waals surface area contributed by atoms with Gasteiger partial charge in [0, 0.05) is 24.3 Å². The fourth-order valence-corrected chi connectivity index (χ4v) is 3.69. The predicted octanol–water partition coefficient (Wildman–Crippen LogP) is 4.28. The fraction of sp³-hybridized carbons (Fsp3) is 0.304. The van der Waals surface area contributed by atoms with Crippen LogP contribution in [0.4, 0.5) is 15.8 Å². The van der Waals surface area contributed by atoms with Crippen LogP contribution in [0.3, 0.4) is 0 Å². The number of morpholine rings is 1. The van der Waals surface area contributed by atoms with E-state index >= 15 is 0 Å². The molecule has 2 aromatic carbocycles. The van der Waals surface area contributed by atoms with Gasteiger partial charge in [-0.25, -0.2) is 9.37 Å². The average molecular weight is 409 g/mol. The van der Waals surface area contributed by atoms with Crippen LogP contribution in [0.25, 0.3) is 11.5 Å². The lowest BCUT2D eigenvalue weighted by molar-refractivity contribution is -0.115. The summed E-state index contributed by atoms with van der Waals surface area (Å²) in [5, 5.41) is 2.72. The summed E-state index contributed by atoms with van der Waals surface area (Å²) in [6.07, 6.45) is 1.58. The molecule has 0 radical (unpaired) electrons. The number of ether oxygens (including phenoxy) is 1. The Morgan fingerprint density at radius 3 is 2.60 bits per heavy atom. The zero-order valence-electron chi connectivity index (χ0n) is 17.0. The number of carbonyl (C=O) groups excluding carboxylic acids is 1. The van der Waals surface area contributed by atoms with Crippen molar-refractivity contribution in [2.45, 2.75) is 32.5 Å². The highest BCUT2D eigenvalue weighted by atomic mass is 19.1. The molecule has 1 saturated heterocycles. The Labute approximate surface area is 174 Å². The molecule has 4 rings (SSSR count).